The van der Waals surface area contributed by atoms with Crippen molar-refractivity contribution in [2.75, 3.05) is 0 Å². The molecular weight excluding hydrogens is 246 g/mol. The Morgan fingerprint density at radius 2 is 2.11 bits per heavy atom. The largest absolute Gasteiger partial charge is 0.324 e. The van der Waals surface area contributed by atoms with Gasteiger partial charge in [0, 0.05) is 6.04 Å². The summed E-state index contributed by atoms with van der Waals surface area (Å²) in [7, 11) is 0. The number of nitriles is 1. The van der Waals surface area contributed by atoms with E-state index in [1.165, 1.54) is 0 Å². The number of halogens is 1. The summed E-state index contributed by atoms with van der Waals surface area (Å²) in [6, 6.07) is 8.17. The first-order valence-electron chi connectivity index (χ1n) is 6.06. The van der Waals surface area contributed by atoms with Gasteiger partial charge < -0.3 is 4.57 Å². The summed E-state index contributed by atoms with van der Waals surface area (Å²) in [6.45, 7) is 6.49. The zero-order chi connectivity index (χ0) is 13.3. The molecule has 1 atom stereocenters. The molecule has 0 radical (unpaired) electrons. The third kappa shape index (κ3) is 1.97. The fourth-order valence-corrected chi connectivity index (χ4v) is 2.29. The third-order valence-corrected chi connectivity index (χ3v) is 3.64. The van der Waals surface area contributed by atoms with Crippen LogP contribution in [0.4, 0.5) is 0 Å². The number of hydrogen-bond donors (Lipinski definition) is 0. The minimum Gasteiger partial charge on any atom is -0.324 e. The van der Waals surface area contributed by atoms with E-state index in [1.807, 2.05) is 12.1 Å². The Hall–Kier alpha value is -1.53. The number of benzene rings is 1. The molecule has 18 heavy (non-hydrogen) atoms. The zero-order valence-electron chi connectivity index (χ0n) is 10.8. The van der Waals surface area contributed by atoms with Gasteiger partial charge in [-0.25, -0.2) is 4.98 Å². The molecular formula is C14H16ClN3. The van der Waals surface area contributed by atoms with Crippen LogP contribution in [-0.4, -0.2) is 9.55 Å². The van der Waals surface area contributed by atoms with Crippen LogP contribution < -0.4 is 0 Å². The standard InChI is InChI=1S/C14H16ClN3/c1-9(2)10(3)18-12-6-4-5-11(8-16)14(12)17-13(18)7-15/h4-6,9-10H,7H2,1-3H3. The van der Waals surface area contributed by atoms with Crippen molar-refractivity contribution in [2.45, 2.75) is 32.7 Å². The summed E-state index contributed by atoms with van der Waals surface area (Å²) < 4.78 is 2.15. The molecule has 1 aromatic heterocycles. The number of para-hydroxylation sites is 1. The molecule has 0 N–H and O–H groups in total. The van der Waals surface area contributed by atoms with Crippen molar-refractivity contribution in [1.29, 1.82) is 5.26 Å². The summed E-state index contributed by atoms with van der Waals surface area (Å²) in [5.41, 5.74) is 2.35. The van der Waals surface area contributed by atoms with Crippen LogP contribution >= 0.6 is 11.6 Å². The maximum atomic E-state index is 9.12. The van der Waals surface area contributed by atoms with Gasteiger partial charge in [0.25, 0.3) is 0 Å². The quantitative estimate of drug-likeness (QED) is 0.787. The van der Waals surface area contributed by atoms with Crippen molar-refractivity contribution in [3.05, 3.63) is 29.6 Å². The highest BCUT2D eigenvalue weighted by Gasteiger charge is 2.19. The Labute approximate surface area is 112 Å². The van der Waals surface area contributed by atoms with Crippen LogP contribution in [0.25, 0.3) is 11.0 Å². The highest BCUT2D eigenvalue weighted by Crippen LogP contribution is 2.28. The fraction of sp³-hybridized carbons (Fsp3) is 0.429. The van der Waals surface area contributed by atoms with Gasteiger partial charge in [-0.2, -0.15) is 5.26 Å². The Balaban J connectivity index is 2.75. The Morgan fingerprint density at radius 1 is 1.39 bits per heavy atom. The topological polar surface area (TPSA) is 41.6 Å². The van der Waals surface area contributed by atoms with Gasteiger partial charge in [0.15, 0.2) is 0 Å². The molecule has 0 aliphatic carbocycles. The number of imidazole rings is 1. The molecule has 0 bridgehead atoms. The average molecular weight is 262 g/mol. The summed E-state index contributed by atoms with van der Waals surface area (Å²) in [6.07, 6.45) is 0. The maximum Gasteiger partial charge on any atom is 0.125 e. The van der Waals surface area contributed by atoms with E-state index >= 15 is 0 Å². The fourth-order valence-electron chi connectivity index (χ4n) is 2.10. The van der Waals surface area contributed by atoms with E-state index in [0.29, 0.717) is 23.4 Å². The number of aromatic nitrogens is 2. The molecule has 1 aromatic carbocycles. The number of fused-ring (bicyclic) bond motifs is 1. The third-order valence-electron chi connectivity index (χ3n) is 3.41. The molecule has 1 unspecified atom stereocenters. The van der Waals surface area contributed by atoms with E-state index in [0.717, 1.165) is 16.9 Å². The highest BCUT2D eigenvalue weighted by atomic mass is 35.5. The molecule has 2 aromatic rings. The van der Waals surface area contributed by atoms with Gasteiger partial charge in [-0.05, 0) is 25.0 Å². The molecule has 2 rings (SSSR count). The number of hydrogen-bond acceptors (Lipinski definition) is 2. The maximum absolute atomic E-state index is 9.12. The summed E-state index contributed by atoms with van der Waals surface area (Å²) >= 11 is 5.98. The SMILES string of the molecule is CC(C)C(C)n1c(CCl)nc2c(C#N)cccc21. The second kappa shape index (κ2) is 4.99. The Kier molecular flexibility index (Phi) is 3.58. The number of nitrogens with zero attached hydrogens (tertiary/aromatic N) is 3. The second-order valence-corrected chi connectivity index (χ2v) is 5.07. The molecule has 0 fully saturated rings. The Bertz CT molecular complexity index is 607. The smallest absolute Gasteiger partial charge is 0.125 e. The van der Waals surface area contributed by atoms with Crippen molar-refractivity contribution in [1.82, 2.24) is 9.55 Å². The van der Waals surface area contributed by atoms with E-state index < -0.39 is 0 Å². The van der Waals surface area contributed by atoms with E-state index in [2.05, 4.69) is 36.4 Å². The molecule has 0 saturated heterocycles. The molecule has 4 heteroatoms. The first-order chi connectivity index (χ1) is 8.60. The summed E-state index contributed by atoms with van der Waals surface area (Å²) in [5.74, 6) is 1.67. The molecule has 0 aliphatic heterocycles. The van der Waals surface area contributed by atoms with Gasteiger partial charge in [0.1, 0.15) is 17.4 Å². The Morgan fingerprint density at radius 3 is 2.67 bits per heavy atom. The molecule has 1 heterocycles. The van der Waals surface area contributed by atoms with E-state index in [9.17, 15) is 0 Å². The van der Waals surface area contributed by atoms with Crippen molar-refractivity contribution in [3.8, 4) is 6.07 Å². The van der Waals surface area contributed by atoms with Gasteiger partial charge in [0.05, 0.1) is 17.0 Å². The van der Waals surface area contributed by atoms with E-state index in [4.69, 9.17) is 16.9 Å². The number of alkyl halides is 1. The van der Waals surface area contributed by atoms with Crippen LogP contribution in [0.2, 0.25) is 0 Å². The van der Waals surface area contributed by atoms with Crippen LogP contribution in [0.1, 0.15) is 38.2 Å². The van der Waals surface area contributed by atoms with Crippen molar-refractivity contribution in [3.63, 3.8) is 0 Å². The lowest BCUT2D eigenvalue weighted by atomic mass is 10.1. The highest BCUT2D eigenvalue weighted by molar-refractivity contribution is 6.16. The minimum absolute atomic E-state index is 0.303. The molecule has 0 spiro atoms. The van der Waals surface area contributed by atoms with Gasteiger partial charge in [-0.15, -0.1) is 11.6 Å². The minimum atomic E-state index is 0.303. The van der Waals surface area contributed by atoms with Crippen LogP contribution in [0.15, 0.2) is 18.2 Å². The monoisotopic (exact) mass is 261 g/mol. The van der Waals surface area contributed by atoms with Crippen molar-refractivity contribution >= 4 is 22.6 Å². The van der Waals surface area contributed by atoms with Crippen molar-refractivity contribution < 1.29 is 0 Å². The summed E-state index contributed by atoms with van der Waals surface area (Å²) in [4.78, 5) is 4.51. The van der Waals surface area contributed by atoms with Gasteiger partial charge in [-0.1, -0.05) is 19.9 Å². The van der Waals surface area contributed by atoms with Crippen LogP contribution in [0, 0.1) is 17.2 Å². The van der Waals surface area contributed by atoms with E-state index in [1.54, 1.807) is 6.07 Å². The molecule has 94 valence electrons. The molecule has 0 amide bonds. The first-order valence-corrected chi connectivity index (χ1v) is 6.59. The summed E-state index contributed by atoms with van der Waals surface area (Å²) in [5, 5.41) is 9.12. The first kappa shape index (κ1) is 12.9. The lowest BCUT2D eigenvalue weighted by Crippen LogP contribution is -2.13. The van der Waals surface area contributed by atoms with Crippen LogP contribution in [0.5, 0.6) is 0 Å². The van der Waals surface area contributed by atoms with Crippen LogP contribution in [-0.2, 0) is 5.88 Å². The molecule has 0 saturated carbocycles. The van der Waals surface area contributed by atoms with Gasteiger partial charge >= 0.3 is 0 Å². The van der Waals surface area contributed by atoms with Crippen LogP contribution in [0.3, 0.4) is 0 Å². The molecule has 3 nitrogen and oxygen atoms in total. The second-order valence-electron chi connectivity index (χ2n) is 4.80. The van der Waals surface area contributed by atoms with Crippen molar-refractivity contribution in [2.24, 2.45) is 5.92 Å². The van der Waals surface area contributed by atoms with Gasteiger partial charge in [0.2, 0.25) is 0 Å². The average Bonchev–Trinajstić information content (AvgIpc) is 2.75. The number of rotatable bonds is 3. The zero-order valence-corrected chi connectivity index (χ0v) is 11.6. The van der Waals surface area contributed by atoms with E-state index in [-0.39, 0.29) is 0 Å². The lowest BCUT2D eigenvalue weighted by molar-refractivity contribution is 0.409. The van der Waals surface area contributed by atoms with Gasteiger partial charge in [-0.3, -0.25) is 0 Å². The predicted molar refractivity (Wildman–Crippen MR) is 73.6 cm³/mol. The molecule has 0 aliphatic rings. The normalized spacial score (nSPS) is 12.9. The predicted octanol–water partition coefficient (Wildman–Crippen LogP) is 3.86. The lowest BCUT2D eigenvalue weighted by Gasteiger charge is -2.20.